The zero-order valence-corrected chi connectivity index (χ0v) is 12.3. The van der Waals surface area contributed by atoms with Crippen LogP contribution in [0.4, 0.5) is 8.78 Å². The van der Waals surface area contributed by atoms with Crippen molar-refractivity contribution < 1.29 is 8.78 Å². The Hall–Kier alpha value is -0.490. The largest absolute Gasteiger partial charge is 0.308 e. The number of halogens is 4. The van der Waals surface area contributed by atoms with Crippen molar-refractivity contribution in [1.82, 2.24) is 5.32 Å². The fourth-order valence-electron chi connectivity index (χ4n) is 1.48. The molecule has 0 spiro atoms. The zero-order valence-electron chi connectivity index (χ0n) is 9.14. The summed E-state index contributed by atoms with van der Waals surface area (Å²) in [7, 11) is 0. The SMILES string of the molecule is Fc1ccc(F)c(CNCc2cc(Br)c(Cl)s2)c1. The maximum Gasteiger partial charge on any atom is 0.127 e. The quantitative estimate of drug-likeness (QED) is 0.838. The van der Waals surface area contributed by atoms with E-state index in [-0.39, 0.29) is 6.54 Å². The molecule has 2 rings (SSSR count). The zero-order chi connectivity index (χ0) is 13.1. The van der Waals surface area contributed by atoms with E-state index in [2.05, 4.69) is 21.2 Å². The van der Waals surface area contributed by atoms with Crippen molar-refractivity contribution in [2.45, 2.75) is 13.1 Å². The smallest absolute Gasteiger partial charge is 0.127 e. The van der Waals surface area contributed by atoms with Gasteiger partial charge < -0.3 is 5.32 Å². The molecule has 1 heterocycles. The predicted octanol–water partition coefficient (Wildman–Crippen LogP) is 4.73. The number of benzene rings is 1. The summed E-state index contributed by atoms with van der Waals surface area (Å²) in [5.41, 5.74) is 0.316. The van der Waals surface area contributed by atoms with Crippen molar-refractivity contribution in [3.05, 3.63) is 55.1 Å². The summed E-state index contributed by atoms with van der Waals surface area (Å²) in [4.78, 5) is 1.03. The second-order valence-corrected chi connectivity index (χ2v) is 6.27. The Kier molecular flexibility index (Phi) is 4.72. The Balaban J connectivity index is 1.94. The number of nitrogens with one attached hydrogen (secondary N) is 1. The van der Waals surface area contributed by atoms with Crippen molar-refractivity contribution in [3.8, 4) is 0 Å². The van der Waals surface area contributed by atoms with E-state index in [1.165, 1.54) is 17.4 Å². The minimum Gasteiger partial charge on any atom is -0.308 e. The lowest BCUT2D eigenvalue weighted by molar-refractivity contribution is 0.569. The maximum absolute atomic E-state index is 13.3. The lowest BCUT2D eigenvalue weighted by Gasteiger charge is -2.04. The summed E-state index contributed by atoms with van der Waals surface area (Å²) >= 11 is 10.7. The average molecular weight is 353 g/mol. The first-order valence-electron chi connectivity index (χ1n) is 5.14. The van der Waals surface area contributed by atoms with E-state index in [1.54, 1.807) is 0 Å². The van der Waals surface area contributed by atoms with Crippen molar-refractivity contribution >= 4 is 38.9 Å². The summed E-state index contributed by atoms with van der Waals surface area (Å²) in [5.74, 6) is -0.843. The van der Waals surface area contributed by atoms with Crippen LogP contribution >= 0.6 is 38.9 Å². The molecule has 0 saturated heterocycles. The summed E-state index contributed by atoms with van der Waals surface area (Å²) in [6.07, 6.45) is 0. The van der Waals surface area contributed by atoms with Crippen LogP contribution in [0.1, 0.15) is 10.4 Å². The van der Waals surface area contributed by atoms with Gasteiger partial charge in [0, 0.05) is 28.0 Å². The third-order valence-corrected chi connectivity index (χ3v) is 4.79. The van der Waals surface area contributed by atoms with Crippen LogP contribution in [0, 0.1) is 11.6 Å². The van der Waals surface area contributed by atoms with Gasteiger partial charge >= 0.3 is 0 Å². The minimum atomic E-state index is -0.435. The van der Waals surface area contributed by atoms with Gasteiger partial charge in [-0.3, -0.25) is 0 Å². The first-order valence-corrected chi connectivity index (χ1v) is 7.13. The van der Waals surface area contributed by atoms with E-state index in [9.17, 15) is 8.78 Å². The van der Waals surface area contributed by atoms with E-state index in [4.69, 9.17) is 11.6 Å². The van der Waals surface area contributed by atoms with Crippen molar-refractivity contribution in [2.24, 2.45) is 0 Å². The predicted molar refractivity (Wildman–Crippen MR) is 73.9 cm³/mol. The molecule has 0 aliphatic carbocycles. The van der Waals surface area contributed by atoms with Gasteiger partial charge in [-0.1, -0.05) is 11.6 Å². The summed E-state index contributed by atoms with van der Waals surface area (Å²) < 4.78 is 27.8. The molecule has 6 heteroatoms. The van der Waals surface area contributed by atoms with Crippen LogP contribution in [0.3, 0.4) is 0 Å². The van der Waals surface area contributed by atoms with E-state index in [1.807, 2.05) is 6.07 Å². The minimum absolute atomic E-state index is 0.275. The molecular formula is C12H9BrClF2NS. The molecule has 18 heavy (non-hydrogen) atoms. The maximum atomic E-state index is 13.3. The Labute approximate surface area is 121 Å². The Morgan fingerprint density at radius 3 is 2.67 bits per heavy atom. The molecule has 2 aromatic rings. The van der Waals surface area contributed by atoms with Crippen LogP contribution in [-0.4, -0.2) is 0 Å². The van der Waals surface area contributed by atoms with Crippen molar-refractivity contribution in [2.75, 3.05) is 0 Å². The molecule has 0 atom stereocenters. The van der Waals surface area contributed by atoms with Crippen LogP contribution in [0.5, 0.6) is 0 Å². The van der Waals surface area contributed by atoms with Gasteiger partial charge in [0.2, 0.25) is 0 Å². The standard InChI is InChI=1S/C12H9BrClF2NS/c13-10-4-9(18-12(10)14)6-17-5-7-3-8(15)1-2-11(7)16/h1-4,17H,5-6H2. The third kappa shape index (κ3) is 3.51. The molecule has 1 aromatic heterocycles. The fourth-order valence-corrected chi connectivity index (χ4v) is 3.24. The van der Waals surface area contributed by atoms with Gasteiger partial charge in [-0.25, -0.2) is 8.78 Å². The van der Waals surface area contributed by atoms with E-state index >= 15 is 0 Å². The highest BCUT2D eigenvalue weighted by molar-refractivity contribution is 9.10. The first-order chi connectivity index (χ1) is 8.56. The lowest BCUT2D eigenvalue weighted by atomic mass is 10.2. The van der Waals surface area contributed by atoms with Crippen molar-refractivity contribution in [3.63, 3.8) is 0 Å². The summed E-state index contributed by atoms with van der Waals surface area (Å²) in [6, 6.07) is 5.33. The molecular weight excluding hydrogens is 344 g/mol. The van der Waals surface area contributed by atoms with Crippen molar-refractivity contribution in [1.29, 1.82) is 0 Å². The highest BCUT2D eigenvalue weighted by atomic mass is 79.9. The number of hydrogen-bond donors (Lipinski definition) is 1. The fraction of sp³-hybridized carbons (Fsp3) is 0.167. The first kappa shape index (κ1) is 13.9. The average Bonchev–Trinajstić information content (AvgIpc) is 2.63. The van der Waals surface area contributed by atoms with E-state index < -0.39 is 11.6 Å². The molecule has 0 unspecified atom stereocenters. The number of rotatable bonds is 4. The van der Waals surface area contributed by atoms with Gasteiger partial charge in [-0.05, 0) is 40.2 Å². The van der Waals surface area contributed by atoms with Crippen LogP contribution in [0.2, 0.25) is 4.34 Å². The molecule has 0 aliphatic heterocycles. The molecule has 1 nitrogen and oxygen atoms in total. The highest BCUT2D eigenvalue weighted by Crippen LogP contribution is 2.31. The molecule has 0 radical (unpaired) electrons. The van der Waals surface area contributed by atoms with Gasteiger partial charge in [-0.15, -0.1) is 11.3 Å². The Morgan fingerprint density at radius 2 is 2.00 bits per heavy atom. The van der Waals surface area contributed by atoms with Gasteiger partial charge in [-0.2, -0.15) is 0 Å². The number of hydrogen-bond acceptors (Lipinski definition) is 2. The van der Waals surface area contributed by atoms with Gasteiger partial charge in [0.25, 0.3) is 0 Å². The highest BCUT2D eigenvalue weighted by Gasteiger charge is 2.06. The second kappa shape index (κ2) is 6.10. The molecule has 96 valence electrons. The third-order valence-electron chi connectivity index (χ3n) is 2.32. The van der Waals surface area contributed by atoms with Gasteiger partial charge in [0.15, 0.2) is 0 Å². The van der Waals surface area contributed by atoms with Crippen LogP contribution in [-0.2, 0) is 13.1 Å². The topological polar surface area (TPSA) is 12.0 Å². The molecule has 1 N–H and O–H groups in total. The van der Waals surface area contributed by atoms with Gasteiger partial charge in [0.05, 0.1) is 0 Å². The monoisotopic (exact) mass is 351 g/mol. The Bertz CT molecular complexity index is 540. The molecule has 0 fully saturated rings. The molecule has 0 amide bonds. The van der Waals surface area contributed by atoms with E-state index in [0.29, 0.717) is 16.4 Å². The number of thiophene rings is 1. The van der Waals surface area contributed by atoms with Crippen LogP contribution < -0.4 is 5.32 Å². The Morgan fingerprint density at radius 1 is 1.22 bits per heavy atom. The molecule has 0 bridgehead atoms. The second-order valence-electron chi connectivity index (χ2n) is 3.67. The molecule has 0 aliphatic rings. The van der Waals surface area contributed by atoms with Crippen LogP contribution in [0.25, 0.3) is 0 Å². The molecule has 1 aromatic carbocycles. The van der Waals surface area contributed by atoms with Gasteiger partial charge in [0.1, 0.15) is 16.0 Å². The summed E-state index contributed by atoms with van der Waals surface area (Å²) in [5, 5.41) is 3.05. The lowest BCUT2D eigenvalue weighted by Crippen LogP contribution is -2.13. The van der Waals surface area contributed by atoms with Crippen LogP contribution in [0.15, 0.2) is 28.7 Å². The summed E-state index contributed by atoms with van der Waals surface area (Å²) in [6.45, 7) is 0.836. The van der Waals surface area contributed by atoms with E-state index in [0.717, 1.165) is 21.5 Å². The normalized spacial score (nSPS) is 10.9. The molecule has 0 saturated carbocycles.